The number of cyclic esters (lactones) is 1. The molecule has 15 heteroatoms. The lowest BCUT2D eigenvalue weighted by atomic mass is 9.83. The van der Waals surface area contributed by atoms with E-state index in [9.17, 15) is 34.5 Å². The van der Waals surface area contributed by atoms with Crippen LogP contribution in [0.2, 0.25) is 0 Å². The van der Waals surface area contributed by atoms with Crippen molar-refractivity contribution >= 4 is 24.0 Å². The van der Waals surface area contributed by atoms with Crippen molar-refractivity contribution in [2.75, 3.05) is 21.2 Å². The summed E-state index contributed by atoms with van der Waals surface area (Å²) >= 11 is 0. The fraction of sp³-hybridized carbons (Fsp3) is 0.800. The molecule has 0 spiro atoms. The Balaban J connectivity index is 1.90. The van der Waals surface area contributed by atoms with Gasteiger partial charge in [-0.3, -0.25) is 14.4 Å². The molecule has 0 aromatic rings. The molecule has 2 saturated heterocycles. The second kappa shape index (κ2) is 21.2. The van der Waals surface area contributed by atoms with Crippen LogP contribution >= 0.6 is 0 Å². The Morgan fingerprint density at radius 1 is 1.04 bits per heavy atom. The molecule has 0 aromatic carbocycles. The molecule has 3 N–H and O–H groups in total. The Labute approximate surface area is 325 Å². The molecular weight excluding hydrogens is 718 g/mol. The number of allylic oxidation sites excluding steroid dienone is 3. The van der Waals surface area contributed by atoms with E-state index in [2.05, 4.69) is 0 Å². The van der Waals surface area contributed by atoms with E-state index in [0.717, 1.165) is 0 Å². The largest absolute Gasteiger partial charge is 0.462 e. The highest BCUT2D eigenvalue weighted by molar-refractivity contribution is 5.91. The first-order valence-corrected chi connectivity index (χ1v) is 19.4. The zero-order valence-corrected chi connectivity index (χ0v) is 34.1. The predicted molar refractivity (Wildman–Crippen MR) is 199 cm³/mol. The minimum Gasteiger partial charge on any atom is -0.462 e. The smallest absolute Gasteiger partial charge is 0.308 e. The lowest BCUT2D eigenvalue weighted by Crippen LogP contribution is -2.66. The molecular formula is C40H65NO14. The first kappa shape index (κ1) is 46.8. The minimum absolute atomic E-state index is 0.0389. The highest BCUT2D eigenvalue weighted by Gasteiger charge is 2.52. The van der Waals surface area contributed by atoms with E-state index in [-0.39, 0.29) is 37.4 Å². The summed E-state index contributed by atoms with van der Waals surface area (Å²) in [7, 11) is 4.83. The van der Waals surface area contributed by atoms with Crippen LogP contribution in [0.1, 0.15) is 87.0 Å². The lowest BCUT2D eigenvalue weighted by molar-refractivity contribution is -0.344. The fourth-order valence-corrected chi connectivity index (χ4v) is 7.68. The van der Waals surface area contributed by atoms with E-state index >= 15 is 0 Å². The standard InChI is InChI=1S/C40H65NO14/c1-22(2)18-30(45)53-38-26(6)51-32(21-40(38,7)48)54-35-25(5)52-39(34(47)33(35)41(8)9)55-36-27(16-17-42)19-23(3)28(43)15-13-11-12-14-24(4)50-31(46)20-29(44)37(36)49-10/h11-13,15,17,22-27,29,32-39,44,47-48H,14,16,18-21H2,1-10H3/b12-11-,15-13-/t23-,24-,25+,26-,27-,29-,32-,33-,34+,35-,36-,37-,38-,39-,40-/m0/s1. The van der Waals surface area contributed by atoms with Crippen molar-refractivity contribution in [1.82, 2.24) is 4.90 Å². The topological polar surface area (TPSA) is 197 Å². The number of ether oxygens (including phenoxy) is 7. The fourth-order valence-electron chi connectivity index (χ4n) is 7.68. The lowest BCUT2D eigenvalue weighted by Gasteiger charge is -2.50. The highest BCUT2D eigenvalue weighted by atomic mass is 16.7. The number of rotatable bonds is 11. The van der Waals surface area contributed by atoms with Crippen molar-refractivity contribution in [2.45, 2.75) is 166 Å². The molecule has 3 rings (SSSR count). The molecule has 3 aliphatic heterocycles. The van der Waals surface area contributed by atoms with Crippen LogP contribution in [0, 0.1) is 17.8 Å². The number of ketones is 1. The first-order chi connectivity index (χ1) is 25.8. The number of aldehydes is 1. The monoisotopic (exact) mass is 783 g/mol. The molecule has 55 heavy (non-hydrogen) atoms. The Morgan fingerprint density at radius 3 is 2.33 bits per heavy atom. The molecule has 0 aromatic heterocycles. The maximum absolute atomic E-state index is 13.1. The van der Waals surface area contributed by atoms with Crippen LogP contribution in [0.25, 0.3) is 0 Å². The van der Waals surface area contributed by atoms with Gasteiger partial charge in [-0.25, -0.2) is 0 Å². The van der Waals surface area contributed by atoms with Crippen LogP contribution in [0.3, 0.4) is 0 Å². The SMILES string of the molecule is CO[C@@H]1[C@@H](O[C@@H]2O[C@H](C)[C@H](O[C@H]3C[C@](C)(O)[C@@H](OC(=O)CC(C)C)[C@H](C)O3)[C@@H](N(C)C)[C@H]2O)[C@@H](CC=O)C[C@H](C)C(=O)/C=C\C=C/C[C@H](C)OC(=O)C[C@@H]1O. The molecule has 0 radical (unpaired) electrons. The summed E-state index contributed by atoms with van der Waals surface area (Å²) in [5.74, 6) is -2.50. The molecule has 15 atom stereocenters. The van der Waals surface area contributed by atoms with Gasteiger partial charge in [0.2, 0.25) is 0 Å². The van der Waals surface area contributed by atoms with E-state index in [1.54, 1.807) is 71.8 Å². The normalized spacial score (nSPS) is 41.1. The number of likely N-dealkylation sites (N-methyl/N-ethyl adjacent to an activating group) is 1. The molecule has 0 aliphatic carbocycles. The Morgan fingerprint density at radius 2 is 1.73 bits per heavy atom. The zero-order chi connectivity index (χ0) is 41.2. The van der Waals surface area contributed by atoms with E-state index in [1.165, 1.54) is 13.2 Å². The Hall–Kier alpha value is -2.60. The number of carbonyl (C=O) groups is 4. The summed E-state index contributed by atoms with van der Waals surface area (Å²) in [5.41, 5.74) is -1.49. The second-order valence-electron chi connectivity index (χ2n) is 16.2. The summed E-state index contributed by atoms with van der Waals surface area (Å²) in [4.78, 5) is 52.3. The van der Waals surface area contributed by atoms with Gasteiger partial charge in [0, 0.05) is 38.7 Å². The van der Waals surface area contributed by atoms with Crippen LogP contribution in [0.15, 0.2) is 24.3 Å². The van der Waals surface area contributed by atoms with Crippen LogP contribution < -0.4 is 0 Å². The molecule has 3 aliphatic rings. The van der Waals surface area contributed by atoms with Crippen LogP contribution in [-0.4, -0.2) is 145 Å². The van der Waals surface area contributed by atoms with Crippen molar-refractivity contribution in [1.29, 1.82) is 0 Å². The zero-order valence-electron chi connectivity index (χ0n) is 34.1. The molecule has 0 bridgehead atoms. The van der Waals surface area contributed by atoms with E-state index < -0.39 is 109 Å². The average molecular weight is 784 g/mol. The first-order valence-electron chi connectivity index (χ1n) is 19.4. The number of methoxy groups -OCH3 is 1. The van der Waals surface area contributed by atoms with Crippen molar-refractivity contribution in [3.05, 3.63) is 24.3 Å². The number of aliphatic hydroxyl groups excluding tert-OH is 2. The third kappa shape index (κ3) is 13.2. The number of esters is 2. The number of aliphatic hydroxyl groups is 3. The summed E-state index contributed by atoms with van der Waals surface area (Å²) in [5, 5.41) is 34.7. The second-order valence-corrected chi connectivity index (χ2v) is 16.2. The van der Waals surface area contributed by atoms with Gasteiger partial charge in [0.1, 0.15) is 36.3 Å². The molecule has 0 unspecified atom stereocenters. The summed E-state index contributed by atoms with van der Waals surface area (Å²) in [6, 6.07) is -0.768. The number of hydrogen-bond acceptors (Lipinski definition) is 15. The van der Waals surface area contributed by atoms with Crippen LogP contribution in [0.4, 0.5) is 0 Å². The quantitative estimate of drug-likeness (QED) is 0.204. The molecule has 0 amide bonds. The van der Waals surface area contributed by atoms with E-state index in [0.29, 0.717) is 12.7 Å². The number of nitrogens with zero attached hydrogens (tertiary/aromatic N) is 1. The predicted octanol–water partition coefficient (Wildman–Crippen LogP) is 2.65. The van der Waals surface area contributed by atoms with Crippen molar-refractivity contribution in [2.24, 2.45) is 17.8 Å². The Kier molecular flexibility index (Phi) is 18.1. The number of carbonyl (C=O) groups excluding carboxylic acids is 4. The van der Waals surface area contributed by atoms with Gasteiger partial charge < -0.3 is 58.2 Å². The highest BCUT2D eigenvalue weighted by Crippen LogP contribution is 2.37. The van der Waals surface area contributed by atoms with Gasteiger partial charge in [-0.05, 0) is 66.1 Å². The molecule has 15 nitrogen and oxygen atoms in total. The van der Waals surface area contributed by atoms with Gasteiger partial charge in [0.15, 0.2) is 24.5 Å². The third-order valence-corrected chi connectivity index (χ3v) is 10.5. The molecule has 2 fully saturated rings. The van der Waals surface area contributed by atoms with Gasteiger partial charge in [0.05, 0.1) is 36.9 Å². The third-order valence-electron chi connectivity index (χ3n) is 10.5. The summed E-state index contributed by atoms with van der Waals surface area (Å²) < 4.78 is 42.3. The molecule has 0 saturated carbocycles. The Bertz CT molecular complexity index is 1320. The van der Waals surface area contributed by atoms with Gasteiger partial charge in [-0.15, -0.1) is 0 Å². The van der Waals surface area contributed by atoms with Crippen molar-refractivity contribution in [3.8, 4) is 0 Å². The van der Waals surface area contributed by atoms with Gasteiger partial charge in [0.25, 0.3) is 0 Å². The van der Waals surface area contributed by atoms with E-state index in [4.69, 9.17) is 33.2 Å². The molecule has 3 heterocycles. The van der Waals surface area contributed by atoms with E-state index in [1.807, 2.05) is 13.8 Å². The summed E-state index contributed by atoms with van der Waals surface area (Å²) in [6.45, 7) is 12.2. The van der Waals surface area contributed by atoms with Gasteiger partial charge >= 0.3 is 11.9 Å². The number of hydrogen-bond donors (Lipinski definition) is 3. The van der Waals surface area contributed by atoms with Crippen LogP contribution in [0.5, 0.6) is 0 Å². The van der Waals surface area contributed by atoms with Gasteiger partial charge in [-0.1, -0.05) is 39.0 Å². The minimum atomic E-state index is -1.49. The van der Waals surface area contributed by atoms with Gasteiger partial charge in [-0.2, -0.15) is 0 Å². The maximum Gasteiger partial charge on any atom is 0.308 e. The average Bonchev–Trinajstić information content (AvgIpc) is 3.06. The van der Waals surface area contributed by atoms with Crippen molar-refractivity contribution < 1.29 is 67.7 Å². The maximum atomic E-state index is 13.1. The summed E-state index contributed by atoms with van der Waals surface area (Å²) in [6.07, 6.45) is -3.87. The van der Waals surface area contributed by atoms with Crippen LogP contribution in [-0.2, 0) is 52.3 Å². The molecule has 314 valence electrons. The van der Waals surface area contributed by atoms with Crippen molar-refractivity contribution in [3.63, 3.8) is 0 Å².